The molecule has 0 saturated carbocycles. The predicted molar refractivity (Wildman–Crippen MR) is 88.0 cm³/mol. The molecule has 8 heteroatoms. The van der Waals surface area contributed by atoms with Gasteiger partial charge in [0.15, 0.2) is 0 Å². The van der Waals surface area contributed by atoms with E-state index in [2.05, 4.69) is 15.3 Å². The van der Waals surface area contributed by atoms with Gasteiger partial charge in [-0.25, -0.2) is 4.79 Å². The number of fused-ring (bicyclic) bond motifs is 1. The molecule has 3 rings (SSSR count). The zero-order chi connectivity index (χ0) is 18.0. The number of hydrogen-bond donors (Lipinski definition) is 3. The van der Waals surface area contributed by atoms with Gasteiger partial charge >= 0.3 is 11.9 Å². The zero-order valence-corrected chi connectivity index (χ0v) is 12.6. The normalized spacial score (nSPS) is 12.0. The van der Waals surface area contributed by atoms with Crippen LogP contribution in [0.3, 0.4) is 0 Å². The van der Waals surface area contributed by atoms with E-state index in [0.29, 0.717) is 22.3 Å². The molecular formula is C17H12F3N3O2. The number of nitrogens with one attached hydrogen (secondary N) is 3. The molecule has 3 aromatic rings. The molecule has 1 heterocycles. The SMILES string of the molecule is O=C(/C=C/c1ccc(C(F)(F)F)cc1)Nc1ccc2[nH]c(=O)[nH]c2c1. The van der Waals surface area contributed by atoms with Crippen LogP contribution in [0.4, 0.5) is 18.9 Å². The molecule has 0 saturated heterocycles. The molecule has 0 aliphatic heterocycles. The Balaban J connectivity index is 1.68. The molecular weight excluding hydrogens is 335 g/mol. The van der Waals surface area contributed by atoms with Gasteiger partial charge in [-0.2, -0.15) is 13.2 Å². The van der Waals surface area contributed by atoms with Crippen LogP contribution in [-0.2, 0) is 11.0 Å². The first-order valence-corrected chi connectivity index (χ1v) is 7.20. The van der Waals surface area contributed by atoms with E-state index in [-0.39, 0.29) is 5.69 Å². The summed E-state index contributed by atoms with van der Waals surface area (Å²) in [4.78, 5) is 28.2. The van der Waals surface area contributed by atoms with Crippen LogP contribution < -0.4 is 11.0 Å². The molecule has 0 radical (unpaired) electrons. The Morgan fingerprint density at radius 3 is 2.36 bits per heavy atom. The van der Waals surface area contributed by atoms with Crippen LogP contribution in [0.5, 0.6) is 0 Å². The number of carbonyl (C=O) groups is 1. The highest BCUT2D eigenvalue weighted by Crippen LogP contribution is 2.29. The third-order valence-electron chi connectivity index (χ3n) is 3.45. The van der Waals surface area contributed by atoms with Crippen LogP contribution in [0.2, 0.25) is 0 Å². The maximum atomic E-state index is 12.5. The Bertz CT molecular complexity index is 998. The summed E-state index contributed by atoms with van der Waals surface area (Å²) in [7, 11) is 0. The first-order chi connectivity index (χ1) is 11.8. The smallest absolute Gasteiger partial charge is 0.322 e. The number of hydrogen-bond acceptors (Lipinski definition) is 2. The van der Waals surface area contributed by atoms with E-state index in [1.165, 1.54) is 24.3 Å². The van der Waals surface area contributed by atoms with Crippen molar-refractivity contribution in [2.75, 3.05) is 5.32 Å². The van der Waals surface area contributed by atoms with E-state index in [1.807, 2.05) is 0 Å². The molecule has 0 aliphatic carbocycles. The summed E-state index contributed by atoms with van der Waals surface area (Å²) in [6.45, 7) is 0. The van der Waals surface area contributed by atoms with Gasteiger partial charge in [-0.15, -0.1) is 0 Å². The van der Waals surface area contributed by atoms with Crippen molar-refractivity contribution >= 4 is 28.7 Å². The second kappa shape index (κ2) is 6.31. The molecule has 0 bridgehead atoms. The number of imidazole rings is 1. The summed E-state index contributed by atoms with van der Waals surface area (Å²) in [5.41, 5.74) is 1.01. The van der Waals surface area contributed by atoms with Gasteiger partial charge in [0.05, 0.1) is 16.6 Å². The van der Waals surface area contributed by atoms with Gasteiger partial charge in [-0.05, 0) is 42.0 Å². The highest BCUT2D eigenvalue weighted by Gasteiger charge is 2.29. The number of aromatic amines is 2. The molecule has 0 spiro atoms. The summed E-state index contributed by atoms with van der Waals surface area (Å²) >= 11 is 0. The Labute approximate surface area is 139 Å². The average molecular weight is 347 g/mol. The summed E-state index contributed by atoms with van der Waals surface area (Å²) in [6.07, 6.45) is -1.77. The highest BCUT2D eigenvalue weighted by atomic mass is 19.4. The number of rotatable bonds is 3. The third kappa shape index (κ3) is 3.97. The van der Waals surface area contributed by atoms with Crippen LogP contribution in [0.25, 0.3) is 17.1 Å². The van der Waals surface area contributed by atoms with Gasteiger partial charge in [0.2, 0.25) is 5.91 Å². The van der Waals surface area contributed by atoms with E-state index < -0.39 is 17.6 Å². The number of halogens is 3. The van der Waals surface area contributed by atoms with Crippen molar-refractivity contribution in [3.05, 3.63) is 70.2 Å². The van der Waals surface area contributed by atoms with Crippen molar-refractivity contribution in [2.24, 2.45) is 0 Å². The van der Waals surface area contributed by atoms with Gasteiger partial charge in [0, 0.05) is 11.8 Å². The predicted octanol–water partition coefficient (Wildman–Crippen LogP) is 3.53. The maximum Gasteiger partial charge on any atom is 0.416 e. The van der Waals surface area contributed by atoms with Crippen LogP contribution in [-0.4, -0.2) is 15.9 Å². The van der Waals surface area contributed by atoms with E-state index in [0.717, 1.165) is 12.1 Å². The molecule has 5 nitrogen and oxygen atoms in total. The summed E-state index contributed by atoms with van der Waals surface area (Å²) in [5.74, 6) is -0.447. The summed E-state index contributed by atoms with van der Waals surface area (Å²) in [6, 6.07) is 9.32. The minimum atomic E-state index is -4.39. The Morgan fingerprint density at radius 1 is 1.00 bits per heavy atom. The molecule has 0 unspecified atom stereocenters. The minimum absolute atomic E-state index is 0.347. The van der Waals surface area contributed by atoms with Crippen LogP contribution in [0.1, 0.15) is 11.1 Å². The van der Waals surface area contributed by atoms with Gasteiger partial charge in [0.1, 0.15) is 0 Å². The maximum absolute atomic E-state index is 12.5. The second-order valence-electron chi connectivity index (χ2n) is 5.28. The van der Waals surface area contributed by atoms with Crippen molar-refractivity contribution in [1.29, 1.82) is 0 Å². The fraction of sp³-hybridized carbons (Fsp3) is 0.0588. The van der Waals surface area contributed by atoms with Gasteiger partial charge < -0.3 is 15.3 Å². The lowest BCUT2D eigenvalue weighted by Crippen LogP contribution is -2.07. The number of carbonyl (C=O) groups excluding carboxylic acids is 1. The standard InChI is InChI=1S/C17H12F3N3O2/c18-17(19,20)11-4-1-10(2-5-11)3-8-15(24)21-12-6-7-13-14(9-12)23-16(25)22-13/h1-9H,(H,21,24)(H2,22,23,25)/b8-3+. The lowest BCUT2D eigenvalue weighted by molar-refractivity contribution is -0.137. The van der Waals surface area contributed by atoms with Crippen LogP contribution >= 0.6 is 0 Å². The van der Waals surface area contributed by atoms with Gasteiger partial charge in [0.25, 0.3) is 0 Å². The summed E-state index contributed by atoms with van der Waals surface area (Å²) in [5, 5.41) is 2.61. The number of H-pyrrole nitrogens is 2. The fourth-order valence-electron chi connectivity index (χ4n) is 2.25. The molecule has 0 fully saturated rings. The molecule has 1 aromatic heterocycles. The molecule has 0 aliphatic rings. The van der Waals surface area contributed by atoms with Crippen LogP contribution in [0.15, 0.2) is 53.3 Å². The molecule has 25 heavy (non-hydrogen) atoms. The van der Waals surface area contributed by atoms with Gasteiger partial charge in [-0.1, -0.05) is 12.1 Å². The van der Waals surface area contributed by atoms with E-state index in [1.54, 1.807) is 18.2 Å². The number of anilines is 1. The molecule has 3 N–H and O–H groups in total. The first kappa shape index (κ1) is 16.6. The minimum Gasteiger partial charge on any atom is -0.322 e. The quantitative estimate of drug-likeness (QED) is 0.634. The summed E-state index contributed by atoms with van der Waals surface area (Å²) < 4.78 is 37.4. The van der Waals surface area contributed by atoms with Crippen molar-refractivity contribution in [3.63, 3.8) is 0 Å². The van der Waals surface area contributed by atoms with Crippen LogP contribution in [0, 0.1) is 0 Å². The molecule has 1 amide bonds. The van der Waals surface area contributed by atoms with E-state index in [9.17, 15) is 22.8 Å². The van der Waals surface area contributed by atoms with E-state index >= 15 is 0 Å². The zero-order valence-electron chi connectivity index (χ0n) is 12.6. The Hall–Kier alpha value is -3.29. The fourth-order valence-corrected chi connectivity index (χ4v) is 2.25. The largest absolute Gasteiger partial charge is 0.416 e. The van der Waals surface area contributed by atoms with E-state index in [4.69, 9.17) is 0 Å². The Morgan fingerprint density at radius 2 is 1.68 bits per heavy atom. The lowest BCUT2D eigenvalue weighted by Gasteiger charge is -2.06. The first-order valence-electron chi connectivity index (χ1n) is 7.20. The number of amides is 1. The highest BCUT2D eigenvalue weighted by molar-refractivity contribution is 6.02. The molecule has 0 atom stereocenters. The monoisotopic (exact) mass is 347 g/mol. The van der Waals surface area contributed by atoms with Crippen molar-refractivity contribution in [3.8, 4) is 0 Å². The average Bonchev–Trinajstić information content (AvgIpc) is 2.92. The Kier molecular flexibility index (Phi) is 4.18. The molecule has 2 aromatic carbocycles. The molecule has 128 valence electrons. The lowest BCUT2D eigenvalue weighted by atomic mass is 10.1. The van der Waals surface area contributed by atoms with Gasteiger partial charge in [-0.3, -0.25) is 4.79 Å². The second-order valence-corrected chi connectivity index (χ2v) is 5.28. The third-order valence-corrected chi connectivity index (χ3v) is 3.45. The van der Waals surface area contributed by atoms with Crippen molar-refractivity contribution < 1.29 is 18.0 Å². The number of aromatic nitrogens is 2. The topological polar surface area (TPSA) is 77.8 Å². The van der Waals surface area contributed by atoms with Crippen molar-refractivity contribution in [1.82, 2.24) is 9.97 Å². The van der Waals surface area contributed by atoms with Crippen molar-refractivity contribution in [2.45, 2.75) is 6.18 Å². The number of benzene rings is 2. The number of alkyl halides is 3.